The Labute approximate surface area is 230 Å². The van der Waals surface area contributed by atoms with Crippen molar-refractivity contribution in [1.82, 2.24) is 0 Å². The molecule has 1 spiro atoms. The Morgan fingerprint density at radius 1 is 0.375 bits per heavy atom. The molecule has 0 saturated heterocycles. The Bertz CT molecular complexity index is 2340. The molecule has 0 bridgehead atoms. The number of fused-ring (bicyclic) bond motifs is 19. The van der Waals surface area contributed by atoms with Gasteiger partial charge in [0.1, 0.15) is 11.2 Å². The predicted molar refractivity (Wildman–Crippen MR) is 165 cm³/mol. The van der Waals surface area contributed by atoms with Gasteiger partial charge in [0.15, 0.2) is 0 Å². The van der Waals surface area contributed by atoms with Gasteiger partial charge >= 0.3 is 0 Å². The van der Waals surface area contributed by atoms with Crippen molar-refractivity contribution in [1.29, 1.82) is 0 Å². The first-order valence-electron chi connectivity index (χ1n) is 14.0. The molecule has 0 fully saturated rings. The second kappa shape index (κ2) is 7.08. The maximum absolute atomic E-state index is 6.79. The van der Waals surface area contributed by atoms with E-state index in [1.807, 2.05) is 0 Å². The summed E-state index contributed by atoms with van der Waals surface area (Å²) in [6.45, 7) is 0. The Morgan fingerprint density at radius 2 is 0.925 bits per heavy atom. The molecular formula is C39H22O. The van der Waals surface area contributed by atoms with Gasteiger partial charge in [-0.3, -0.25) is 0 Å². The zero-order valence-electron chi connectivity index (χ0n) is 21.6. The van der Waals surface area contributed by atoms with Crippen LogP contribution in [-0.4, -0.2) is 0 Å². The molecule has 1 heterocycles. The van der Waals surface area contributed by atoms with Gasteiger partial charge in [-0.05, 0) is 66.6 Å². The monoisotopic (exact) mass is 506 g/mol. The van der Waals surface area contributed by atoms with E-state index in [1.165, 1.54) is 76.8 Å². The van der Waals surface area contributed by atoms with Crippen molar-refractivity contribution in [2.45, 2.75) is 5.41 Å². The van der Waals surface area contributed by atoms with Crippen LogP contribution in [0.1, 0.15) is 22.3 Å². The van der Waals surface area contributed by atoms with Crippen molar-refractivity contribution in [3.05, 3.63) is 156 Å². The van der Waals surface area contributed by atoms with E-state index < -0.39 is 5.41 Å². The summed E-state index contributed by atoms with van der Waals surface area (Å²) in [5, 5.41) is 7.51. The van der Waals surface area contributed by atoms with Gasteiger partial charge in [-0.25, -0.2) is 0 Å². The van der Waals surface area contributed by atoms with Gasteiger partial charge in [-0.1, -0.05) is 127 Å². The number of rotatable bonds is 0. The highest BCUT2D eigenvalue weighted by atomic mass is 16.3. The van der Waals surface area contributed by atoms with Crippen molar-refractivity contribution in [2.75, 3.05) is 0 Å². The smallest absolute Gasteiger partial charge is 0.143 e. The lowest BCUT2D eigenvalue weighted by Crippen LogP contribution is -2.26. The lowest BCUT2D eigenvalue weighted by atomic mass is 9.69. The molecule has 2 aliphatic rings. The van der Waals surface area contributed by atoms with E-state index >= 15 is 0 Å². The molecule has 0 saturated carbocycles. The van der Waals surface area contributed by atoms with Gasteiger partial charge in [-0.15, -0.1) is 0 Å². The highest BCUT2D eigenvalue weighted by Gasteiger charge is 2.53. The van der Waals surface area contributed by atoms with Crippen LogP contribution in [0.5, 0.6) is 0 Å². The molecule has 0 atom stereocenters. The molecule has 0 amide bonds. The first kappa shape index (κ1) is 20.8. The van der Waals surface area contributed by atoms with Crippen molar-refractivity contribution in [3.63, 3.8) is 0 Å². The van der Waals surface area contributed by atoms with Gasteiger partial charge in [-0.2, -0.15) is 0 Å². The lowest BCUT2D eigenvalue weighted by molar-refractivity contribution is 0.669. The zero-order valence-corrected chi connectivity index (χ0v) is 21.6. The van der Waals surface area contributed by atoms with Crippen LogP contribution in [0.3, 0.4) is 0 Å². The van der Waals surface area contributed by atoms with Crippen LogP contribution in [0, 0.1) is 0 Å². The summed E-state index contributed by atoms with van der Waals surface area (Å²) in [4.78, 5) is 0. The number of para-hydroxylation sites is 1. The molecule has 1 nitrogen and oxygen atoms in total. The minimum absolute atomic E-state index is 0.436. The molecule has 40 heavy (non-hydrogen) atoms. The molecule has 0 unspecified atom stereocenters. The summed E-state index contributed by atoms with van der Waals surface area (Å²) in [7, 11) is 0. The van der Waals surface area contributed by atoms with Crippen LogP contribution < -0.4 is 0 Å². The van der Waals surface area contributed by atoms with E-state index in [2.05, 4.69) is 133 Å². The maximum Gasteiger partial charge on any atom is 0.143 e. The third kappa shape index (κ3) is 2.21. The Morgan fingerprint density at radius 3 is 1.65 bits per heavy atom. The predicted octanol–water partition coefficient (Wildman–Crippen LogP) is 10.2. The molecule has 0 radical (unpaired) electrons. The first-order chi connectivity index (χ1) is 19.9. The normalized spacial score (nSPS) is 14.2. The second-order valence-electron chi connectivity index (χ2n) is 11.1. The highest BCUT2D eigenvalue weighted by molar-refractivity contribution is 6.23. The molecule has 8 aromatic rings. The molecule has 1 heteroatoms. The molecule has 2 aliphatic carbocycles. The fourth-order valence-electron chi connectivity index (χ4n) is 8.07. The van der Waals surface area contributed by atoms with Crippen LogP contribution in [0.4, 0.5) is 0 Å². The molecule has 0 aliphatic heterocycles. The number of furan rings is 1. The van der Waals surface area contributed by atoms with Crippen molar-refractivity contribution in [2.24, 2.45) is 0 Å². The average molecular weight is 507 g/mol. The fourth-order valence-corrected chi connectivity index (χ4v) is 8.07. The molecule has 10 rings (SSSR count). The molecule has 184 valence electrons. The standard InChI is InChI=1S/C39H22O/c1-3-16-28-23(11-1)24-12-2-4-17-29(24)37-35(28)36-33(22-21-30-27-15-7-10-20-34(27)40-38(30)36)39(37)31-18-8-5-13-25(31)26-14-6-9-19-32(26)39/h1-22H. The van der Waals surface area contributed by atoms with E-state index in [0.29, 0.717) is 0 Å². The zero-order chi connectivity index (χ0) is 26.0. The fraction of sp³-hybridized carbons (Fsp3) is 0.0256. The topological polar surface area (TPSA) is 13.1 Å². The third-order valence-corrected chi connectivity index (χ3v) is 9.46. The van der Waals surface area contributed by atoms with Crippen LogP contribution >= 0.6 is 0 Å². The number of hydrogen-bond donors (Lipinski definition) is 0. The lowest BCUT2D eigenvalue weighted by Gasteiger charge is -2.31. The number of benzene rings is 7. The van der Waals surface area contributed by atoms with Crippen molar-refractivity contribution in [3.8, 4) is 22.3 Å². The van der Waals surface area contributed by atoms with E-state index in [0.717, 1.165) is 11.2 Å². The molecular weight excluding hydrogens is 484 g/mol. The summed E-state index contributed by atoms with van der Waals surface area (Å²) >= 11 is 0. The van der Waals surface area contributed by atoms with Gasteiger partial charge in [0, 0.05) is 16.3 Å². The average Bonchev–Trinajstić information content (AvgIpc) is 3.65. The van der Waals surface area contributed by atoms with Gasteiger partial charge in [0.2, 0.25) is 0 Å². The largest absolute Gasteiger partial charge is 0.455 e. The van der Waals surface area contributed by atoms with Gasteiger partial charge in [0.05, 0.1) is 5.41 Å². The molecule has 1 aromatic heterocycles. The molecule has 7 aromatic carbocycles. The summed E-state index contributed by atoms with van der Waals surface area (Å²) in [6.07, 6.45) is 0. The number of hydrogen-bond acceptors (Lipinski definition) is 1. The summed E-state index contributed by atoms with van der Waals surface area (Å²) < 4.78 is 6.79. The van der Waals surface area contributed by atoms with E-state index in [-0.39, 0.29) is 0 Å². The van der Waals surface area contributed by atoms with Crippen LogP contribution in [0.15, 0.2) is 138 Å². The van der Waals surface area contributed by atoms with E-state index in [4.69, 9.17) is 4.42 Å². The van der Waals surface area contributed by atoms with Crippen molar-refractivity contribution >= 4 is 43.5 Å². The van der Waals surface area contributed by atoms with Crippen LogP contribution in [-0.2, 0) is 5.41 Å². The SMILES string of the molecule is c1ccc2c(c1)-c1ccccc1C21c2ccc3c(oc4ccccc43)c2-c2c1c1ccccc1c1ccccc21. The summed E-state index contributed by atoms with van der Waals surface area (Å²) in [5.41, 5.74) is 12.1. The van der Waals surface area contributed by atoms with Gasteiger partial charge < -0.3 is 4.42 Å². The minimum Gasteiger partial charge on any atom is -0.455 e. The molecule has 0 N–H and O–H groups in total. The highest BCUT2D eigenvalue weighted by Crippen LogP contribution is 2.66. The van der Waals surface area contributed by atoms with Crippen molar-refractivity contribution < 1.29 is 4.42 Å². The quantitative estimate of drug-likeness (QED) is 0.187. The van der Waals surface area contributed by atoms with Crippen LogP contribution in [0.2, 0.25) is 0 Å². The van der Waals surface area contributed by atoms with Crippen LogP contribution in [0.25, 0.3) is 65.7 Å². The first-order valence-corrected chi connectivity index (χ1v) is 14.0. The third-order valence-electron chi connectivity index (χ3n) is 9.46. The second-order valence-corrected chi connectivity index (χ2v) is 11.1. The summed E-state index contributed by atoms with van der Waals surface area (Å²) in [5.74, 6) is 0. The van der Waals surface area contributed by atoms with E-state index in [1.54, 1.807) is 0 Å². The summed E-state index contributed by atoms with van der Waals surface area (Å²) in [6, 6.07) is 49.1. The Balaban J connectivity index is 1.55. The maximum atomic E-state index is 6.79. The Kier molecular flexibility index (Phi) is 3.68. The Hall–Kier alpha value is -5.14. The van der Waals surface area contributed by atoms with E-state index in [9.17, 15) is 0 Å². The minimum atomic E-state index is -0.436. The van der Waals surface area contributed by atoms with Gasteiger partial charge in [0.25, 0.3) is 0 Å².